The van der Waals surface area contributed by atoms with E-state index in [9.17, 15) is 23.7 Å². The summed E-state index contributed by atoms with van der Waals surface area (Å²) in [5.74, 6) is -1.08. The second-order valence-corrected chi connectivity index (χ2v) is 5.49. The van der Waals surface area contributed by atoms with Gasteiger partial charge in [-0.3, -0.25) is 14.9 Å². The number of benzene rings is 2. The van der Waals surface area contributed by atoms with Crippen molar-refractivity contribution in [2.75, 3.05) is 19.0 Å². The predicted molar refractivity (Wildman–Crippen MR) is 91.4 cm³/mol. The zero-order valence-corrected chi connectivity index (χ0v) is 14.7. The highest BCUT2D eigenvalue weighted by Gasteiger charge is 2.43. The van der Waals surface area contributed by atoms with E-state index in [0.29, 0.717) is 0 Å². The molecule has 11 heteroatoms. The number of nitro benzene ring substituents is 1. The molecule has 1 heterocycles. The monoisotopic (exact) mass is 396 g/mol. The third-order valence-corrected chi connectivity index (χ3v) is 3.68. The molecule has 0 saturated heterocycles. The van der Waals surface area contributed by atoms with E-state index < -0.39 is 22.8 Å². The molecule has 1 aliphatic heterocycles. The second kappa shape index (κ2) is 7.18. The van der Waals surface area contributed by atoms with Crippen molar-refractivity contribution < 1.29 is 37.4 Å². The minimum Gasteiger partial charge on any atom is -0.493 e. The number of nitrogens with one attached hydrogen (secondary N) is 1. The fraction of sp³-hybridized carbons (Fsp3) is 0.235. The molecule has 0 unspecified atom stereocenters. The van der Waals surface area contributed by atoms with Crippen LogP contribution in [0, 0.1) is 10.1 Å². The first-order valence-electron chi connectivity index (χ1n) is 7.94. The Kier molecular flexibility index (Phi) is 4.91. The van der Waals surface area contributed by atoms with Crippen LogP contribution in [0.5, 0.6) is 23.0 Å². The van der Waals surface area contributed by atoms with Gasteiger partial charge in [-0.1, -0.05) is 0 Å². The molecule has 1 N–H and O–H groups in total. The lowest BCUT2D eigenvalue weighted by Gasteiger charge is -2.12. The fourth-order valence-corrected chi connectivity index (χ4v) is 2.54. The summed E-state index contributed by atoms with van der Waals surface area (Å²) in [6, 6.07) is 5.83. The summed E-state index contributed by atoms with van der Waals surface area (Å²) in [5, 5.41) is 13.8. The molecule has 28 heavy (non-hydrogen) atoms. The van der Waals surface area contributed by atoms with Gasteiger partial charge >= 0.3 is 6.29 Å². The van der Waals surface area contributed by atoms with Gasteiger partial charge < -0.3 is 24.3 Å². The molecular weight excluding hydrogens is 382 g/mol. The first-order chi connectivity index (χ1) is 13.2. The van der Waals surface area contributed by atoms with Crippen LogP contribution in [0.1, 0.15) is 17.3 Å². The number of nitrogens with zero attached hydrogens (tertiary/aromatic N) is 1. The van der Waals surface area contributed by atoms with Crippen LogP contribution in [0.4, 0.5) is 20.2 Å². The number of rotatable bonds is 6. The van der Waals surface area contributed by atoms with E-state index in [0.717, 1.165) is 12.1 Å². The summed E-state index contributed by atoms with van der Waals surface area (Å²) in [6.07, 6.45) is -3.80. The lowest BCUT2D eigenvalue weighted by Crippen LogP contribution is -2.25. The molecule has 1 amide bonds. The van der Waals surface area contributed by atoms with Crippen molar-refractivity contribution in [2.24, 2.45) is 0 Å². The first kappa shape index (κ1) is 19.1. The number of alkyl halides is 2. The molecule has 9 nitrogen and oxygen atoms in total. The van der Waals surface area contributed by atoms with Crippen molar-refractivity contribution in [3.05, 3.63) is 46.0 Å². The number of halogens is 2. The molecule has 0 saturated carbocycles. The Morgan fingerprint density at radius 1 is 1.21 bits per heavy atom. The zero-order valence-electron chi connectivity index (χ0n) is 14.7. The molecule has 0 aliphatic carbocycles. The topological polar surface area (TPSA) is 109 Å². The Bertz CT molecular complexity index is 949. The maximum Gasteiger partial charge on any atom is 0.586 e. The minimum absolute atomic E-state index is 0.0761. The van der Waals surface area contributed by atoms with Gasteiger partial charge in [0.1, 0.15) is 5.56 Å². The van der Waals surface area contributed by atoms with E-state index in [2.05, 4.69) is 14.8 Å². The second-order valence-electron chi connectivity index (χ2n) is 5.49. The molecule has 2 aromatic carbocycles. The molecule has 0 fully saturated rings. The van der Waals surface area contributed by atoms with Gasteiger partial charge in [-0.05, 0) is 19.1 Å². The number of carbonyl (C=O) groups is 1. The normalized spacial score (nSPS) is 13.7. The number of anilines is 1. The van der Waals surface area contributed by atoms with Crippen molar-refractivity contribution in [3.8, 4) is 23.0 Å². The van der Waals surface area contributed by atoms with Crippen molar-refractivity contribution in [1.82, 2.24) is 0 Å². The number of hydrogen-bond acceptors (Lipinski definition) is 7. The van der Waals surface area contributed by atoms with E-state index in [1.807, 2.05) is 0 Å². The van der Waals surface area contributed by atoms with E-state index >= 15 is 0 Å². The van der Waals surface area contributed by atoms with E-state index in [-0.39, 0.29) is 40.9 Å². The Morgan fingerprint density at radius 2 is 1.93 bits per heavy atom. The van der Waals surface area contributed by atoms with Gasteiger partial charge in [0, 0.05) is 17.8 Å². The van der Waals surface area contributed by atoms with Gasteiger partial charge in [0.05, 0.1) is 24.7 Å². The average molecular weight is 396 g/mol. The Labute approximate surface area is 156 Å². The number of carbonyl (C=O) groups excluding carboxylic acids is 1. The van der Waals surface area contributed by atoms with Crippen LogP contribution in [0.15, 0.2) is 30.3 Å². The SMILES string of the molecule is CCOc1cc([N+](=O)[O-])c(C(=O)Nc2ccc3c(c2)OC(F)(F)O3)cc1OC. The van der Waals surface area contributed by atoms with Crippen LogP contribution in [0.25, 0.3) is 0 Å². The van der Waals surface area contributed by atoms with Gasteiger partial charge in [-0.15, -0.1) is 8.78 Å². The minimum atomic E-state index is -3.80. The number of ether oxygens (including phenoxy) is 4. The third-order valence-electron chi connectivity index (χ3n) is 3.68. The molecule has 148 valence electrons. The van der Waals surface area contributed by atoms with Gasteiger partial charge in [0.25, 0.3) is 11.6 Å². The highest BCUT2D eigenvalue weighted by Crippen LogP contribution is 2.42. The summed E-state index contributed by atoms with van der Waals surface area (Å²) in [7, 11) is 1.32. The quantitative estimate of drug-likeness (QED) is 0.587. The van der Waals surface area contributed by atoms with Gasteiger partial charge in [0.2, 0.25) is 0 Å². The van der Waals surface area contributed by atoms with E-state index in [4.69, 9.17) is 9.47 Å². The number of methoxy groups -OCH3 is 1. The summed E-state index contributed by atoms with van der Waals surface area (Å²) in [5.41, 5.74) is -0.727. The number of hydrogen-bond donors (Lipinski definition) is 1. The Balaban J connectivity index is 1.91. The highest BCUT2D eigenvalue weighted by molar-refractivity contribution is 6.07. The van der Waals surface area contributed by atoms with Gasteiger partial charge in [-0.2, -0.15) is 0 Å². The van der Waals surface area contributed by atoms with Crippen molar-refractivity contribution in [2.45, 2.75) is 13.2 Å². The molecule has 0 atom stereocenters. The molecule has 0 bridgehead atoms. The lowest BCUT2D eigenvalue weighted by atomic mass is 10.1. The first-order valence-corrected chi connectivity index (χ1v) is 7.94. The lowest BCUT2D eigenvalue weighted by molar-refractivity contribution is -0.385. The van der Waals surface area contributed by atoms with Crippen LogP contribution in [0.3, 0.4) is 0 Å². The smallest absolute Gasteiger partial charge is 0.493 e. The van der Waals surface area contributed by atoms with Crippen molar-refractivity contribution in [1.29, 1.82) is 0 Å². The van der Waals surface area contributed by atoms with Crippen LogP contribution >= 0.6 is 0 Å². The third kappa shape index (κ3) is 3.72. The maximum absolute atomic E-state index is 13.1. The molecule has 3 rings (SSSR count). The van der Waals surface area contributed by atoms with Crippen LogP contribution < -0.4 is 24.3 Å². The number of nitro groups is 1. The number of fused-ring (bicyclic) bond motifs is 1. The van der Waals surface area contributed by atoms with Gasteiger partial charge in [0.15, 0.2) is 23.0 Å². The largest absolute Gasteiger partial charge is 0.586 e. The van der Waals surface area contributed by atoms with Gasteiger partial charge in [-0.25, -0.2) is 0 Å². The average Bonchev–Trinajstić information content (AvgIpc) is 2.94. The molecule has 2 aromatic rings. The summed E-state index contributed by atoms with van der Waals surface area (Å²) < 4.78 is 45.1. The molecule has 0 radical (unpaired) electrons. The summed E-state index contributed by atoms with van der Waals surface area (Å²) in [4.78, 5) is 23.2. The fourth-order valence-electron chi connectivity index (χ4n) is 2.54. The molecule has 0 spiro atoms. The predicted octanol–water partition coefficient (Wildman–Crippen LogP) is 3.58. The van der Waals surface area contributed by atoms with Crippen molar-refractivity contribution >= 4 is 17.3 Å². The van der Waals surface area contributed by atoms with E-state index in [1.54, 1.807) is 6.92 Å². The maximum atomic E-state index is 13.1. The standard InChI is InChI=1S/C17H14F2N2O7/c1-3-26-14-8-11(21(23)24)10(7-13(14)25-2)16(22)20-9-4-5-12-15(6-9)28-17(18,19)27-12/h4-8H,3H2,1-2H3,(H,20,22). The number of amides is 1. The van der Waals surface area contributed by atoms with E-state index in [1.165, 1.54) is 25.3 Å². The molecular formula is C17H14F2N2O7. The molecule has 0 aromatic heterocycles. The Morgan fingerprint density at radius 3 is 2.57 bits per heavy atom. The van der Waals surface area contributed by atoms with Crippen LogP contribution in [0.2, 0.25) is 0 Å². The van der Waals surface area contributed by atoms with Crippen LogP contribution in [-0.4, -0.2) is 30.8 Å². The zero-order chi connectivity index (χ0) is 20.5. The summed E-state index contributed by atoms with van der Waals surface area (Å²) in [6.45, 7) is 1.93. The van der Waals surface area contributed by atoms with Crippen LogP contribution in [-0.2, 0) is 0 Å². The summed E-state index contributed by atoms with van der Waals surface area (Å²) >= 11 is 0. The molecule has 1 aliphatic rings. The van der Waals surface area contributed by atoms with Crippen molar-refractivity contribution in [3.63, 3.8) is 0 Å². The Hall–Kier alpha value is -3.63. The highest BCUT2D eigenvalue weighted by atomic mass is 19.3.